The fourth-order valence-electron chi connectivity index (χ4n) is 3.12. The van der Waals surface area contributed by atoms with Crippen molar-refractivity contribution in [3.63, 3.8) is 0 Å². The lowest BCUT2D eigenvalue weighted by Crippen LogP contribution is -2.69. The fraction of sp³-hybridized carbons (Fsp3) is 0.846. The number of hydrogen-bond donors (Lipinski definition) is 1. The Morgan fingerprint density at radius 1 is 1.39 bits per heavy atom. The number of nitrogens with one attached hydrogen (secondary N) is 1. The van der Waals surface area contributed by atoms with Crippen LogP contribution in [-0.2, 0) is 9.59 Å². The van der Waals surface area contributed by atoms with Crippen LogP contribution in [0.2, 0.25) is 0 Å². The first kappa shape index (κ1) is 13.7. The van der Waals surface area contributed by atoms with E-state index in [0.717, 1.165) is 31.4 Å². The number of hydrogen-bond acceptors (Lipinski definition) is 3. The highest BCUT2D eigenvalue weighted by molar-refractivity contribution is 7.98. The fourth-order valence-corrected chi connectivity index (χ4v) is 3.48. The van der Waals surface area contributed by atoms with Crippen molar-refractivity contribution in [2.24, 2.45) is 0 Å². The lowest BCUT2D eigenvalue weighted by atomic mass is 9.89. The molecule has 1 saturated heterocycles. The molecule has 2 rings (SSSR count). The molecule has 1 aliphatic carbocycles. The summed E-state index contributed by atoms with van der Waals surface area (Å²) in [5.41, 5.74) is -0.529. The van der Waals surface area contributed by atoms with Crippen molar-refractivity contribution in [2.45, 2.75) is 50.6 Å². The number of carbonyl (C=O) groups is 2. The van der Waals surface area contributed by atoms with Crippen molar-refractivity contribution in [3.05, 3.63) is 0 Å². The molecule has 2 fully saturated rings. The summed E-state index contributed by atoms with van der Waals surface area (Å²) >= 11 is 1.72. The van der Waals surface area contributed by atoms with Crippen molar-refractivity contribution in [1.29, 1.82) is 0 Å². The summed E-state index contributed by atoms with van der Waals surface area (Å²) in [5.74, 6) is 1.10. The lowest BCUT2D eigenvalue weighted by molar-refractivity contribution is -0.157. The van der Waals surface area contributed by atoms with E-state index in [0.29, 0.717) is 13.0 Å². The molecule has 2 aliphatic rings. The minimum atomic E-state index is -0.529. The maximum Gasteiger partial charge on any atom is 0.246 e. The molecule has 4 nitrogen and oxygen atoms in total. The number of carbonyl (C=O) groups excluding carboxylic acids is 2. The predicted octanol–water partition coefficient (Wildman–Crippen LogP) is 1.40. The zero-order valence-corrected chi connectivity index (χ0v) is 12.0. The number of nitrogens with zero attached hydrogens (tertiary/aromatic N) is 1. The van der Waals surface area contributed by atoms with Gasteiger partial charge in [0.25, 0.3) is 0 Å². The van der Waals surface area contributed by atoms with Crippen molar-refractivity contribution < 1.29 is 9.59 Å². The third-order valence-electron chi connectivity index (χ3n) is 4.17. The Balaban J connectivity index is 2.25. The Morgan fingerprint density at radius 3 is 2.61 bits per heavy atom. The Bertz CT molecular complexity index is 340. The van der Waals surface area contributed by atoms with Crippen molar-refractivity contribution in [3.8, 4) is 0 Å². The summed E-state index contributed by atoms with van der Waals surface area (Å²) in [6.07, 6.45) is 6.47. The lowest BCUT2D eigenvalue weighted by Gasteiger charge is -2.46. The topological polar surface area (TPSA) is 49.4 Å². The van der Waals surface area contributed by atoms with E-state index < -0.39 is 5.54 Å². The highest BCUT2D eigenvalue weighted by Crippen LogP contribution is 2.38. The van der Waals surface area contributed by atoms with Crippen LogP contribution >= 0.6 is 11.8 Å². The van der Waals surface area contributed by atoms with E-state index in [9.17, 15) is 9.59 Å². The standard InChI is InChI=1S/C13H22N2O2S/c1-3-10-11(16)15(8-9-18-2)13(12(17)14-10)6-4-5-7-13/h10H,3-9H2,1-2H3,(H,14,17). The van der Waals surface area contributed by atoms with Crippen LogP contribution in [0.3, 0.4) is 0 Å². The van der Waals surface area contributed by atoms with Crippen LogP contribution in [0.1, 0.15) is 39.0 Å². The maximum atomic E-state index is 12.5. The Kier molecular flexibility index (Phi) is 4.20. The minimum Gasteiger partial charge on any atom is -0.342 e. The van der Waals surface area contributed by atoms with Gasteiger partial charge in [0.1, 0.15) is 11.6 Å². The molecule has 1 aliphatic heterocycles. The van der Waals surface area contributed by atoms with Gasteiger partial charge >= 0.3 is 0 Å². The van der Waals surface area contributed by atoms with Gasteiger partial charge in [-0.25, -0.2) is 0 Å². The average molecular weight is 270 g/mol. The number of piperazine rings is 1. The van der Waals surface area contributed by atoms with Crippen LogP contribution in [0.25, 0.3) is 0 Å². The van der Waals surface area contributed by atoms with Gasteiger partial charge in [0.2, 0.25) is 11.8 Å². The van der Waals surface area contributed by atoms with Crippen molar-refractivity contribution in [1.82, 2.24) is 10.2 Å². The van der Waals surface area contributed by atoms with Crippen molar-refractivity contribution >= 4 is 23.6 Å². The summed E-state index contributed by atoms with van der Waals surface area (Å²) in [5, 5.41) is 2.92. The maximum absolute atomic E-state index is 12.5. The molecule has 5 heteroatoms. The highest BCUT2D eigenvalue weighted by Gasteiger charge is 2.52. The van der Waals surface area contributed by atoms with E-state index in [-0.39, 0.29) is 17.9 Å². The molecule has 1 heterocycles. The molecular weight excluding hydrogens is 248 g/mol. The molecule has 0 aromatic heterocycles. The Hall–Kier alpha value is -0.710. The van der Waals surface area contributed by atoms with Gasteiger partial charge in [-0.05, 0) is 25.5 Å². The molecule has 1 spiro atoms. The van der Waals surface area contributed by atoms with Gasteiger partial charge in [-0.2, -0.15) is 11.8 Å². The summed E-state index contributed by atoms with van der Waals surface area (Å²) in [7, 11) is 0. The van der Waals surface area contributed by atoms with Gasteiger partial charge in [-0.15, -0.1) is 0 Å². The molecule has 1 N–H and O–H groups in total. The third-order valence-corrected chi connectivity index (χ3v) is 4.76. The van der Waals surface area contributed by atoms with Gasteiger partial charge in [-0.3, -0.25) is 9.59 Å². The summed E-state index contributed by atoms with van der Waals surface area (Å²) < 4.78 is 0. The Morgan fingerprint density at radius 2 is 2.06 bits per heavy atom. The zero-order valence-electron chi connectivity index (χ0n) is 11.2. The first-order chi connectivity index (χ1) is 8.65. The van der Waals surface area contributed by atoms with E-state index >= 15 is 0 Å². The molecule has 0 aromatic carbocycles. The summed E-state index contributed by atoms with van der Waals surface area (Å²) in [6.45, 7) is 2.64. The second kappa shape index (κ2) is 5.51. The molecule has 1 unspecified atom stereocenters. The van der Waals surface area contributed by atoms with Crippen LogP contribution in [0.4, 0.5) is 0 Å². The van der Waals surface area contributed by atoms with Crippen LogP contribution in [0.15, 0.2) is 0 Å². The Labute approximate surface area is 113 Å². The molecule has 102 valence electrons. The zero-order chi connectivity index (χ0) is 13.2. The number of amides is 2. The molecule has 2 amide bonds. The van der Waals surface area contributed by atoms with E-state index in [1.807, 2.05) is 18.1 Å². The second-order valence-corrected chi connectivity index (χ2v) is 6.14. The van der Waals surface area contributed by atoms with Crippen LogP contribution in [-0.4, -0.2) is 46.8 Å². The minimum absolute atomic E-state index is 0.0764. The van der Waals surface area contributed by atoms with Crippen LogP contribution < -0.4 is 5.32 Å². The SMILES string of the molecule is CCC1NC(=O)C2(CCCC2)N(CCSC)C1=O. The van der Waals surface area contributed by atoms with Gasteiger partial charge in [-0.1, -0.05) is 19.8 Å². The highest BCUT2D eigenvalue weighted by atomic mass is 32.2. The van der Waals surface area contributed by atoms with Gasteiger partial charge in [0, 0.05) is 12.3 Å². The molecular formula is C13H22N2O2S. The van der Waals surface area contributed by atoms with Gasteiger partial charge in [0.15, 0.2) is 0 Å². The smallest absolute Gasteiger partial charge is 0.246 e. The van der Waals surface area contributed by atoms with Crippen LogP contribution in [0, 0.1) is 0 Å². The first-order valence-corrected chi connectivity index (χ1v) is 8.16. The van der Waals surface area contributed by atoms with Crippen LogP contribution in [0.5, 0.6) is 0 Å². The van der Waals surface area contributed by atoms with E-state index in [1.165, 1.54) is 0 Å². The molecule has 1 atom stereocenters. The molecule has 0 bridgehead atoms. The van der Waals surface area contributed by atoms with Gasteiger partial charge in [0.05, 0.1) is 0 Å². The van der Waals surface area contributed by atoms with E-state index in [4.69, 9.17) is 0 Å². The van der Waals surface area contributed by atoms with E-state index in [1.54, 1.807) is 11.8 Å². The normalized spacial score (nSPS) is 26.8. The number of thioether (sulfide) groups is 1. The number of rotatable bonds is 4. The molecule has 18 heavy (non-hydrogen) atoms. The van der Waals surface area contributed by atoms with E-state index in [2.05, 4.69) is 5.32 Å². The predicted molar refractivity (Wildman–Crippen MR) is 73.5 cm³/mol. The first-order valence-electron chi connectivity index (χ1n) is 6.77. The summed E-state index contributed by atoms with van der Waals surface area (Å²) in [4.78, 5) is 26.7. The third kappa shape index (κ3) is 2.13. The molecule has 1 saturated carbocycles. The quantitative estimate of drug-likeness (QED) is 0.840. The molecule has 0 aromatic rings. The summed E-state index contributed by atoms with van der Waals surface area (Å²) in [6, 6.07) is -0.314. The monoisotopic (exact) mass is 270 g/mol. The second-order valence-electron chi connectivity index (χ2n) is 5.16. The molecule has 0 radical (unpaired) electrons. The largest absolute Gasteiger partial charge is 0.342 e. The average Bonchev–Trinajstić information content (AvgIpc) is 2.84. The van der Waals surface area contributed by atoms with Gasteiger partial charge < -0.3 is 10.2 Å². The van der Waals surface area contributed by atoms with Crippen molar-refractivity contribution in [2.75, 3.05) is 18.6 Å².